The van der Waals surface area contributed by atoms with E-state index in [1.54, 1.807) is 12.2 Å². The molecule has 4 aromatic rings. The normalized spacial score (nSPS) is 10.1. The zero-order valence-corrected chi connectivity index (χ0v) is 18.0. The summed E-state index contributed by atoms with van der Waals surface area (Å²) in [5.41, 5.74) is 0. The maximum absolute atomic E-state index is 5.42. The highest BCUT2D eigenvalue weighted by Crippen LogP contribution is 2.15. The Morgan fingerprint density at radius 3 is 0.967 bits per heavy atom. The molecule has 0 aromatic carbocycles. The lowest BCUT2D eigenvalue weighted by molar-refractivity contribution is 0.504. The molecule has 0 bridgehead atoms. The van der Waals surface area contributed by atoms with Gasteiger partial charge in [0.25, 0.3) is 0 Å². The van der Waals surface area contributed by atoms with Crippen molar-refractivity contribution in [1.82, 2.24) is 0 Å². The second kappa shape index (κ2) is 11.4. The Morgan fingerprint density at radius 1 is 0.467 bits per heavy atom. The summed E-state index contributed by atoms with van der Waals surface area (Å²) in [5.74, 6) is 6.99. The van der Waals surface area contributed by atoms with E-state index in [0.29, 0.717) is 0 Å². The lowest BCUT2D eigenvalue weighted by atomic mass is 10.3. The topological polar surface area (TPSA) is 52.6 Å². The third-order valence-corrected chi connectivity index (χ3v) is 3.86. The van der Waals surface area contributed by atoms with Crippen LogP contribution in [0.1, 0.15) is 46.1 Å². The van der Waals surface area contributed by atoms with Crippen molar-refractivity contribution in [2.75, 3.05) is 0 Å². The SMILES string of the molecule is C=Cc1ccc(/C=C\c2ccc(C=C)o2)o1.Cc1ccc(C)o1.Cc1ccc(C)o1. The van der Waals surface area contributed by atoms with Crippen molar-refractivity contribution < 1.29 is 17.7 Å². The Balaban J connectivity index is 0.000000188. The molecule has 4 nitrogen and oxygen atoms in total. The van der Waals surface area contributed by atoms with Crippen LogP contribution in [-0.4, -0.2) is 0 Å². The molecule has 0 aliphatic rings. The van der Waals surface area contributed by atoms with Gasteiger partial charge >= 0.3 is 0 Å². The van der Waals surface area contributed by atoms with Gasteiger partial charge < -0.3 is 17.7 Å². The molecule has 156 valence electrons. The minimum absolute atomic E-state index is 0.755. The average Bonchev–Trinajstić information content (AvgIpc) is 3.51. The summed E-state index contributed by atoms with van der Waals surface area (Å²) in [5, 5.41) is 0. The minimum Gasteiger partial charge on any atom is -0.467 e. The first-order valence-corrected chi connectivity index (χ1v) is 9.58. The summed E-state index contributed by atoms with van der Waals surface area (Å²) in [6.45, 7) is 15.0. The van der Waals surface area contributed by atoms with E-state index >= 15 is 0 Å². The molecule has 30 heavy (non-hydrogen) atoms. The van der Waals surface area contributed by atoms with Gasteiger partial charge in [0.15, 0.2) is 0 Å². The van der Waals surface area contributed by atoms with Crippen LogP contribution in [0.15, 0.2) is 79.4 Å². The molecule has 0 aliphatic heterocycles. The van der Waals surface area contributed by atoms with Crippen LogP contribution in [0.3, 0.4) is 0 Å². The Morgan fingerprint density at radius 2 is 0.767 bits per heavy atom. The van der Waals surface area contributed by atoms with Gasteiger partial charge in [-0.25, -0.2) is 0 Å². The van der Waals surface area contributed by atoms with Crippen LogP contribution >= 0.6 is 0 Å². The summed E-state index contributed by atoms with van der Waals surface area (Å²) in [6, 6.07) is 15.3. The van der Waals surface area contributed by atoms with Crippen LogP contribution in [0.2, 0.25) is 0 Å². The largest absolute Gasteiger partial charge is 0.467 e. The molecule has 0 radical (unpaired) electrons. The predicted octanol–water partition coefficient (Wildman–Crippen LogP) is 8.12. The molecular formula is C26H28O4. The van der Waals surface area contributed by atoms with Crippen LogP contribution in [0.5, 0.6) is 0 Å². The molecule has 0 unspecified atom stereocenters. The Labute approximate surface area is 177 Å². The lowest BCUT2D eigenvalue weighted by Crippen LogP contribution is -1.63. The standard InChI is InChI=1S/C14H12O2.2C6H8O/c1-3-11-5-7-13(15-11)9-10-14-8-6-12(4-2)16-14;2*1-5-3-4-6(2)7-5/h3-10H,1-2H2;2*3-4H,1-2H3/b10-9-;;. The maximum atomic E-state index is 5.42. The van der Waals surface area contributed by atoms with Crippen molar-refractivity contribution in [3.05, 3.63) is 108 Å². The molecule has 0 amide bonds. The molecule has 0 fully saturated rings. The van der Waals surface area contributed by atoms with Crippen molar-refractivity contribution >= 4 is 24.3 Å². The first-order chi connectivity index (χ1) is 14.4. The van der Waals surface area contributed by atoms with E-state index in [-0.39, 0.29) is 0 Å². The third kappa shape index (κ3) is 7.76. The minimum atomic E-state index is 0.755. The molecule has 4 aromatic heterocycles. The van der Waals surface area contributed by atoms with Crippen molar-refractivity contribution in [1.29, 1.82) is 0 Å². The van der Waals surface area contributed by atoms with Gasteiger partial charge in [0.05, 0.1) is 0 Å². The number of aryl methyl sites for hydroxylation is 4. The molecule has 0 aliphatic carbocycles. The van der Waals surface area contributed by atoms with E-state index in [1.807, 2.05) is 88.4 Å². The molecule has 4 rings (SSSR count). The Kier molecular flexibility index (Phi) is 8.57. The molecule has 0 spiro atoms. The molecule has 0 N–H and O–H groups in total. The maximum Gasteiger partial charge on any atom is 0.127 e. The van der Waals surface area contributed by atoms with Gasteiger partial charge in [0.2, 0.25) is 0 Å². The highest BCUT2D eigenvalue weighted by atomic mass is 16.3. The first-order valence-electron chi connectivity index (χ1n) is 9.58. The molecule has 0 saturated heterocycles. The third-order valence-electron chi connectivity index (χ3n) is 3.86. The smallest absolute Gasteiger partial charge is 0.127 e. The fraction of sp³-hybridized carbons (Fsp3) is 0.154. The summed E-state index contributed by atoms with van der Waals surface area (Å²) < 4.78 is 21.0. The van der Waals surface area contributed by atoms with Gasteiger partial charge in [-0.05, 0) is 101 Å². The zero-order chi connectivity index (χ0) is 21.9. The first kappa shape index (κ1) is 22.6. The predicted molar refractivity (Wildman–Crippen MR) is 123 cm³/mol. The van der Waals surface area contributed by atoms with Crippen LogP contribution in [0.25, 0.3) is 24.3 Å². The van der Waals surface area contributed by atoms with E-state index < -0.39 is 0 Å². The summed E-state index contributed by atoms with van der Waals surface area (Å²) in [4.78, 5) is 0. The average molecular weight is 405 g/mol. The van der Waals surface area contributed by atoms with Gasteiger partial charge in [0.1, 0.15) is 46.1 Å². The quantitative estimate of drug-likeness (QED) is 0.344. The molecule has 4 heteroatoms. The van der Waals surface area contributed by atoms with Crippen LogP contribution in [0.4, 0.5) is 0 Å². The molecule has 0 atom stereocenters. The van der Waals surface area contributed by atoms with Gasteiger partial charge in [0, 0.05) is 0 Å². The van der Waals surface area contributed by atoms with Gasteiger partial charge in [-0.15, -0.1) is 0 Å². The van der Waals surface area contributed by atoms with Crippen molar-refractivity contribution in [3.8, 4) is 0 Å². The number of hydrogen-bond acceptors (Lipinski definition) is 4. The van der Waals surface area contributed by atoms with E-state index in [2.05, 4.69) is 13.2 Å². The van der Waals surface area contributed by atoms with Crippen LogP contribution in [-0.2, 0) is 0 Å². The second-order valence-electron chi connectivity index (χ2n) is 6.54. The molecule has 0 saturated carbocycles. The van der Waals surface area contributed by atoms with E-state index in [0.717, 1.165) is 46.1 Å². The number of furan rings is 4. The van der Waals surface area contributed by atoms with E-state index in [9.17, 15) is 0 Å². The van der Waals surface area contributed by atoms with Gasteiger partial charge in [-0.3, -0.25) is 0 Å². The highest BCUT2D eigenvalue weighted by molar-refractivity contribution is 5.66. The monoisotopic (exact) mass is 404 g/mol. The summed E-state index contributed by atoms with van der Waals surface area (Å²) >= 11 is 0. The zero-order valence-electron chi connectivity index (χ0n) is 18.0. The summed E-state index contributed by atoms with van der Waals surface area (Å²) in [7, 11) is 0. The van der Waals surface area contributed by atoms with E-state index in [1.165, 1.54) is 0 Å². The van der Waals surface area contributed by atoms with Gasteiger partial charge in [-0.1, -0.05) is 13.2 Å². The van der Waals surface area contributed by atoms with Gasteiger partial charge in [-0.2, -0.15) is 0 Å². The second-order valence-corrected chi connectivity index (χ2v) is 6.54. The molecular weight excluding hydrogens is 376 g/mol. The fourth-order valence-corrected chi connectivity index (χ4v) is 2.41. The highest BCUT2D eigenvalue weighted by Gasteiger charge is 1.97. The van der Waals surface area contributed by atoms with Crippen LogP contribution in [0, 0.1) is 27.7 Å². The molecule has 4 heterocycles. The number of hydrogen-bond donors (Lipinski definition) is 0. The van der Waals surface area contributed by atoms with E-state index in [4.69, 9.17) is 17.7 Å². The van der Waals surface area contributed by atoms with Crippen molar-refractivity contribution in [2.24, 2.45) is 0 Å². The number of rotatable bonds is 4. The van der Waals surface area contributed by atoms with Crippen molar-refractivity contribution in [3.63, 3.8) is 0 Å². The Hall–Kier alpha value is -3.66. The fourth-order valence-electron chi connectivity index (χ4n) is 2.41. The Bertz CT molecular complexity index is 962. The van der Waals surface area contributed by atoms with Crippen molar-refractivity contribution in [2.45, 2.75) is 27.7 Å². The lowest BCUT2D eigenvalue weighted by Gasteiger charge is -1.86. The van der Waals surface area contributed by atoms with Crippen LogP contribution < -0.4 is 0 Å². The summed E-state index contributed by atoms with van der Waals surface area (Å²) in [6.07, 6.45) is 7.03.